The lowest BCUT2D eigenvalue weighted by atomic mass is 10.1. The third-order valence-electron chi connectivity index (χ3n) is 7.21. The van der Waals surface area contributed by atoms with Crippen LogP contribution >= 0.6 is 0 Å². The van der Waals surface area contributed by atoms with Crippen molar-refractivity contribution < 1.29 is 4.79 Å². The van der Waals surface area contributed by atoms with Crippen molar-refractivity contribution in [2.45, 2.75) is 51.1 Å². The molecule has 0 aromatic carbocycles. The van der Waals surface area contributed by atoms with Crippen molar-refractivity contribution in [1.29, 1.82) is 5.26 Å². The van der Waals surface area contributed by atoms with Gasteiger partial charge in [0.1, 0.15) is 12.0 Å². The van der Waals surface area contributed by atoms with Gasteiger partial charge in [-0.1, -0.05) is 0 Å². The van der Waals surface area contributed by atoms with Crippen molar-refractivity contribution in [2.24, 2.45) is 0 Å². The van der Waals surface area contributed by atoms with Crippen molar-refractivity contribution in [2.75, 3.05) is 39.3 Å². The SMILES string of the molecule is N#CCCC[C@@H](Cn1cc(-c2ncnc3[nH]ccc23)cn1)N1CCN(C(=O)N2CCCCC2)CC1. The van der Waals surface area contributed by atoms with Crippen molar-refractivity contribution in [3.05, 3.63) is 31.0 Å². The van der Waals surface area contributed by atoms with Crippen LogP contribution in [0.25, 0.3) is 22.3 Å². The Bertz CT molecular complexity index is 1170. The molecule has 2 saturated heterocycles. The van der Waals surface area contributed by atoms with Gasteiger partial charge in [0, 0.05) is 75.1 Å². The molecule has 5 heterocycles. The van der Waals surface area contributed by atoms with Gasteiger partial charge in [0.2, 0.25) is 0 Å². The van der Waals surface area contributed by atoms with E-state index < -0.39 is 0 Å². The first-order valence-electron chi connectivity index (χ1n) is 12.7. The van der Waals surface area contributed by atoms with E-state index in [9.17, 15) is 4.79 Å². The number of piperazine rings is 1. The monoisotopic (exact) mass is 475 g/mol. The number of likely N-dealkylation sites (tertiary alicyclic amines) is 1. The van der Waals surface area contributed by atoms with Gasteiger partial charge in [0.25, 0.3) is 0 Å². The number of aromatic amines is 1. The molecule has 10 nitrogen and oxygen atoms in total. The smallest absolute Gasteiger partial charge is 0.320 e. The number of nitrogens with zero attached hydrogens (tertiary/aromatic N) is 8. The summed E-state index contributed by atoms with van der Waals surface area (Å²) in [5.41, 5.74) is 2.65. The number of amides is 2. The highest BCUT2D eigenvalue weighted by molar-refractivity contribution is 5.89. The third-order valence-corrected chi connectivity index (χ3v) is 7.21. The molecule has 184 valence electrons. The largest absolute Gasteiger partial charge is 0.346 e. The second-order valence-corrected chi connectivity index (χ2v) is 9.47. The molecular formula is C25H33N9O. The Morgan fingerprint density at radius 1 is 1.09 bits per heavy atom. The van der Waals surface area contributed by atoms with E-state index in [1.54, 1.807) is 6.33 Å². The molecule has 0 unspecified atom stereocenters. The second kappa shape index (κ2) is 10.9. The normalized spacial score (nSPS) is 18.0. The zero-order valence-corrected chi connectivity index (χ0v) is 20.1. The first-order valence-corrected chi connectivity index (χ1v) is 12.7. The van der Waals surface area contributed by atoms with Crippen LogP contribution in [0.2, 0.25) is 0 Å². The maximum Gasteiger partial charge on any atom is 0.320 e. The van der Waals surface area contributed by atoms with Gasteiger partial charge >= 0.3 is 6.03 Å². The lowest BCUT2D eigenvalue weighted by Gasteiger charge is -2.41. The van der Waals surface area contributed by atoms with Crippen LogP contribution in [0.5, 0.6) is 0 Å². The summed E-state index contributed by atoms with van der Waals surface area (Å²) < 4.78 is 1.98. The average Bonchev–Trinajstić information content (AvgIpc) is 3.58. The van der Waals surface area contributed by atoms with Crippen LogP contribution in [0.1, 0.15) is 38.5 Å². The maximum atomic E-state index is 12.9. The molecule has 2 aliphatic rings. The summed E-state index contributed by atoms with van der Waals surface area (Å²) in [5.74, 6) is 0. The number of nitrogens with one attached hydrogen (secondary N) is 1. The minimum atomic E-state index is 0.197. The molecule has 2 aliphatic heterocycles. The Kier molecular flexibility index (Phi) is 7.23. The quantitative estimate of drug-likeness (QED) is 0.526. The molecule has 1 N–H and O–H groups in total. The van der Waals surface area contributed by atoms with Gasteiger partial charge in [-0.05, 0) is 38.2 Å². The van der Waals surface area contributed by atoms with Crippen molar-refractivity contribution >= 4 is 17.1 Å². The predicted octanol–water partition coefficient (Wildman–Crippen LogP) is 3.11. The van der Waals surface area contributed by atoms with E-state index in [0.29, 0.717) is 6.42 Å². The van der Waals surface area contributed by atoms with E-state index in [2.05, 4.69) is 31.0 Å². The van der Waals surface area contributed by atoms with Crippen molar-refractivity contribution in [3.63, 3.8) is 0 Å². The van der Waals surface area contributed by atoms with E-state index >= 15 is 0 Å². The van der Waals surface area contributed by atoms with Crippen LogP contribution in [-0.4, -0.2) is 90.8 Å². The minimum absolute atomic E-state index is 0.197. The zero-order valence-electron chi connectivity index (χ0n) is 20.1. The fraction of sp³-hybridized carbons (Fsp3) is 0.560. The Morgan fingerprint density at radius 3 is 2.69 bits per heavy atom. The number of rotatable bonds is 7. The molecule has 35 heavy (non-hydrogen) atoms. The molecule has 0 radical (unpaired) electrons. The van der Waals surface area contributed by atoms with Gasteiger partial charge in [-0.3, -0.25) is 9.58 Å². The minimum Gasteiger partial charge on any atom is -0.346 e. The van der Waals surface area contributed by atoms with E-state index in [1.807, 2.05) is 39.1 Å². The number of carbonyl (C=O) groups excluding carboxylic acids is 1. The molecule has 10 heteroatoms. The standard InChI is InChI=1S/C25H33N9O/c26-8-3-2-6-21(31-12-14-33(15-13-31)25(35)32-10-4-1-5-11-32)18-34-17-20(16-30-34)23-22-7-9-27-24(22)29-19-28-23/h7,9,16-17,19,21H,1-6,10-15,18H2,(H,27,28,29)/t21-/m0/s1. The van der Waals surface area contributed by atoms with Gasteiger partial charge in [-0.25, -0.2) is 14.8 Å². The van der Waals surface area contributed by atoms with E-state index in [-0.39, 0.29) is 12.1 Å². The number of hydrogen-bond donors (Lipinski definition) is 1. The van der Waals surface area contributed by atoms with Gasteiger partial charge in [0.15, 0.2) is 0 Å². The summed E-state index contributed by atoms with van der Waals surface area (Å²) in [5, 5.41) is 14.7. The molecule has 2 fully saturated rings. The van der Waals surface area contributed by atoms with Crippen LogP contribution in [0.3, 0.4) is 0 Å². The molecule has 0 aliphatic carbocycles. The predicted molar refractivity (Wildman–Crippen MR) is 132 cm³/mol. The summed E-state index contributed by atoms with van der Waals surface area (Å²) >= 11 is 0. The summed E-state index contributed by atoms with van der Waals surface area (Å²) in [6.45, 7) is 5.72. The van der Waals surface area contributed by atoms with E-state index in [0.717, 1.165) is 93.8 Å². The van der Waals surface area contributed by atoms with Gasteiger partial charge in [-0.2, -0.15) is 10.4 Å². The number of carbonyl (C=O) groups is 1. The Labute approximate surface area is 205 Å². The summed E-state index contributed by atoms with van der Waals surface area (Å²) in [6, 6.07) is 4.72. The Balaban J connectivity index is 1.24. The van der Waals surface area contributed by atoms with E-state index in [4.69, 9.17) is 5.26 Å². The zero-order chi connectivity index (χ0) is 24.0. The number of nitriles is 1. The molecule has 5 rings (SSSR count). The fourth-order valence-electron chi connectivity index (χ4n) is 5.27. The van der Waals surface area contributed by atoms with Gasteiger partial charge in [0.05, 0.1) is 24.5 Å². The van der Waals surface area contributed by atoms with Crippen LogP contribution in [0, 0.1) is 11.3 Å². The fourth-order valence-corrected chi connectivity index (χ4v) is 5.27. The van der Waals surface area contributed by atoms with Gasteiger partial charge in [-0.15, -0.1) is 0 Å². The summed E-state index contributed by atoms with van der Waals surface area (Å²) in [7, 11) is 0. The Hall–Kier alpha value is -3.45. The maximum absolute atomic E-state index is 12.9. The molecule has 3 aromatic heterocycles. The molecule has 0 spiro atoms. The summed E-state index contributed by atoms with van der Waals surface area (Å²) in [6.07, 6.45) is 13.1. The molecule has 0 bridgehead atoms. The lowest BCUT2D eigenvalue weighted by molar-refractivity contribution is 0.0775. The number of urea groups is 1. The average molecular weight is 476 g/mol. The first-order chi connectivity index (χ1) is 17.2. The summed E-state index contributed by atoms with van der Waals surface area (Å²) in [4.78, 5) is 31.3. The van der Waals surface area contributed by atoms with E-state index in [1.165, 1.54) is 6.42 Å². The number of fused-ring (bicyclic) bond motifs is 1. The highest BCUT2D eigenvalue weighted by Gasteiger charge is 2.29. The number of H-pyrrole nitrogens is 1. The molecule has 1 atom stereocenters. The number of piperidine rings is 1. The highest BCUT2D eigenvalue weighted by atomic mass is 16.2. The number of aromatic nitrogens is 5. The lowest BCUT2D eigenvalue weighted by Crippen LogP contribution is -2.56. The second-order valence-electron chi connectivity index (χ2n) is 9.47. The molecule has 0 saturated carbocycles. The van der Waals surface area contributed by atoms with Crippen LogP contribution < -0.4 is 0 Å². The molecule has 2 amide bonds. The number of unbranched alkanes of at least 4 members (excludes halogenated alkanes) is 1. The topological polar surface area (TPSA) is 110 Å². The van der Waals surface area contributed by atoms with Crippen molar-refractivity contribution in [3.8, 4) is 17.3 Å². The number of hydrogen-bond acceptors (Lipinski definition) is 6. The van der Waals surface area contributed by atoms with Crippen LogP contribution in [0.15, 0.2) is 31.0 Å². The third kappa shape index (κ3) is 5.30. The van der Waals surface area contributed by atoms with Gasteiger partial charge < -0.3 is 14.8 Å². The van der Waals surface area contributed by atoms with Crippen LogP contribution in [-0.2, 0) is 6.54 Å². The van der Waals surface area contributed by atoms with Crippen molar-refractivity contribution in [1.82, 2.24) is 39.4 Å². The van der Waals surface area contributed by atoms with Crippen LogP contribution in [0.4, 0.5) is 4.79 Å². The highest BCUT2D eigenvalue weighted by Crippen LogP contribution is 2.25. The molecule has 3 aromatic rings. The first kappa shape index (κ1) is 23.3. The Morgan fingerprint density at radius 2 is 1.89 bits per heavy atom. The molecular weight excluding hydrogens is 442 g/mol.